The highest BCUT2D eigenvalue weighted by Crippen LogP contribution is 2.10. The van der Waals surface area contributed by atoms with E-state index in [1.54, 1.807) is 6.20 Å². The molecule has 0 aliphatic rings. The van der Waals surface area contributed by atoms with Gasteiger partial charge in [-0.1, -0.05) is 5.16 Å². The predicted molar refractivity (Wildman–Crippen MR) is 46.1 cm³/mol. The van der Waals surface area contributed by atoms with Crippen molar-refractivity contribution in [1.82, 2.24) is 4.98 Å². The summed E-state index contributed by atoms with van der Waals surface area (Å²) >= 11 is 3.23. The molecule has 0 fully saturated rings. The van der Waals surface area contributed by atoms with Gasteiger partial charge in [-0.05, 0) is 34.5 Å². The highest BCUT2D eigenvalue weighted by Gasteiger charge is 1.95. The van der Waals surface area contributed by atoms with Crippen molar-refractivity contribution >= 4 is 22.1 Å². The maximum Gasteiger partial charge on any atom is 0.106 e. The van der Waals surface area contributed by atoms with Crippen LogP contribution in [0.4, 0.5) is 0 Å². The zero-order valence-electron chi connectivity index (χ0n) is 5.95. The van der Waals surface area contributed by atoms with E-state index in [4.69, 9.17) is 5.21 Å². The molecule has 0 radical (unpaired) electrons. The third-order valence-corrected chi connectivity index (χ3v) is 1.75. The first-order valence-electron chi connectivity index (χ1n) is 3.03. The molecule has 0 unspecified atom stereocenters. The van der Waals surface area contributed by atoms with Crippen LogP contribution in [0, 0.1) is 6.92 Å². The van der Waals surface area contributed by atoms with Gasteiger partial charge in [0.15, 0.2) is 0 Å². The molecule has 58 valence electrons. The minimum absolute atomic E-state index is 0.782. The van der Waals surface area contributed by atoms with Gasteiger partial charge in [0.2, 0.25) is 0 Å². The number of rotatable bonds is 1. The lowest BCUT2D eigenvalue weighted by molar-refractivity contribution is 0.322. The number of halogens is 1. The monoisotopic (exact) mass is 214 g/mol. The standard InChI is InChI=1S/C7H7BrN2O/c1-5-2-7(8)9-3-6(5)4-10-11/h2-4,11H,1H3/b10-4+. The topological polar surface area (TPSA) is 45.5 Å². The molecule has 1 aromatic heterocycles. The Kier molecular flexibility index (Phi) is 2.59. The zero-order chi connectivity index (χ0) is 8.27. The fourth-order valence-corrected chi connectivity index (χ4v) is 1.18. The average molecular weight is 215 g/mol. The van der Waals surface area contributed by atoms with E-state index in [9.17, 15) is 0 Å². The normalized spacial score (nSPS) is 10.7. The molecule has 11 heavy (non-hydrogen) atoms. The van der Waals surface area contributed by atoms with E-state index in [1.807, 2.05) is 13.0 Å². The van der Waals surface area contributed by atoms with E-state index in [-0.39, 0.29) is 0 Å². The molecule has 1 aromatic rings. The maximum absolute atomic E-state index is 8.24. The minimum Gasteiger partial charge on any atom is -0.411 e. The van der Waals surface area contributed by atoms with Gasteiger partial charge in [0.05, 0.1) is 6.21 Å². The quantitative estimate of drug-likeness (QED) is 0.337. The molecule has 0 aliphatic heterocycles. The molecule has 1 heterocycles. The van der Waals surface area contributed by atoms with Crippen LogP contribution < -0.4 is 0 Å². The largest absolute Gasteiger partial charge is 0.411 e. The summed E-state index contributed by atoms with van der Waals surface area (Å²) in [5.74, 6) is 0. The molecule has 1 N–H and O–H groups in total. The SMILES string of the molecule is Cc1cc(Br)ncc1/C=N/O. The Hall–Kier alpha value is -0.900. The van der Waals surface area contributed by atoms with Gasteiger partial charge in [0.1, 0.15) is 4.60 Å². The molecule has 3 nitrogen and oxygen atoms in total. The van der Waals surface area contributed by atoms with Crippen LogP contribution in [0.2, 0.25) is 0 Å². The van der Waals surface area contributed by atoms with E-state index in [2.05, 4.69) is 26.1 Å². The summed E-state index contributed by atoms with van der Waals surface area (Å²) in [5.41, 5.74) is 1.83. The third kappa shape index (κ3) is 2.01. The molecular weight excluding hydrogens is 208 g/mol. The van der Waals surface area contributed by atoms with Crippen molar-refractivity contribution in [2.45, 2.75) is 6.92 Å². The number of aryl methyl sites for hydroxylation is 1. The molecule has 0 saturated heterocycles. The first kappa shape index (κ1) is 8.20. The molecule has 0 amide bonds. The first-order chi connectivity index (χ1) is 5.24. The van der Waals surface area contributed by atoms with E-state index in [0.29, 0.717) is 0 Å². The molecule has 0 bridgehead atoms. The summed E-state index contributed by atoms with van der Waals surface area (Å²) in [5, 5.41) is 11.2. The van der Waals surface area contributed by atoms with Gasteiger partial charge in [-0.15, -0.1) is 0 Å². The van der Waals surface area contributed by atoms with Crippen LogP contribution in [0.5, 0.6) is 0 Å². The summed E-state index contributed by atoms with van der Waals surface area (Å²) < 4.78 is 0.782. The van der Waals surface area contributed by atoms with Gasteiger partial charge in [-0.2, -0.15) is 0 Å². The van der Waals surface area contributed by atoms with E-state index in [0.717, 1.165) is 15.7 Å². The van der Waals surface area contributed by atoms with E-state index in [1.165, 1.54) is 6.21 Å². The average Bonchev–Trinajstić information content (AvgIpc) is 1.95. The second-order valence-electron chi connectivity index (χ2n) is 2.11. The number of pyridine rings is 1. The molecule has 4 heteroatoms. The second-order valence-corrected chi connectivity index (χ2v) is 2.92. The van der Waals surface area contributed by atoms with Crippen molar-refractivity contribution in [3.8, 4) is 0 Å². The highest BCUT2D eigenvalue weighted by molar-refractivity contribution is 9.10. The Labute approximate surface area is 72.9 Å². The Morgan fingerprint density at radius 1 is 1.73 bits per heavy atom. The van der Waals surface area contributed by atoms with Crippen LogP contribution in [0.3, 0.4) is 0 Å². The molecule has 1 rings (SSSR count). The first-order valence-corrected chi connectivity index (χ1v) is 3.83. The summed E-state index contributed by atoms with van der Waals surface area (Å²) in [6, 6.07) is 1.86. The van der Waals surface area contributed by atoms with Crippen molar-refractivity contribution in [2.75, 3.05) is 0 Å². The van der Waals surface area contributed by atoms with Crippen molar-refractivity contribution in [3.63, 3.8) is 0 Å². The summed E-state index contributed by atoms with van der Waals surface area (Å²) in [6.07, 6.45) is 2.99. The smallest absolute Gasteiger partial charge is 0.106 e. The van der Waals surface area contributed by atoms with Gasteiger partial charge in [-0.25, -0.2) is 4.98 Å². The van der Waals surface area contributed by atoms with Crippen LogP contribution in [0.1, 0.15) is 11.1 Å². The zero-order valence-corrected chi connectivity index (χ0v) is 7.54. The van der Waals surface area contributed by atoms with E-state index < -0.39 is 0 Å². The maximum atomic E-state index is 8.24. The third-order valence-electron chi connectivity index (χ3n) is 1.31. The summed E-state index contributed by atoms with van der Waals surface area (Å²) in [6.45, 7) is 1.92. The highest BCUT2D eigenvalue weighted by atomic mass is 79.9. The number of nitrogens with zero attached hydrogens (tertiary/aromatic N) is 2. The second kappa shape index (κ2) is 3.48. The van der Waals surface area contributed by atoms with Gasteiger partial charge in [-0.3, -0.25) is 0 Å². The summed E-state index contributed by atoms with van der Waals surface area (Å²) in [7, 11) is 0. The molecule has 0 atom stereocenters. The van der Waals surface area contributed by atoms with Gasteiger partial charge in [0, 0.05) is 11.8 Å². The predicted octanol–water partition coefficient (Wildman–Crippen LogP) is 1.96. The lowest BCUT2D eigenvalue weighted by Gasteiger charge is -1.97. The number of oxime groups is 1. The van der Waals surface area contributed by atoms with E-state index >= 15 is 0 Å². The van der Waals surface area contributed by atoms with Crippen molar-refractivity contribution in [3.05, 3.63) is 28.0 Å². The Bertz CT molecular complexity index is 286. The van der Waals surface area contributed by atoms with Crippen LogP contribution in [0.25, 0.3) is 0 Å². The van der Waals surface area contributed by atoms with Gasteiger partial charge < -0.3 is 5.21 Å². The molecular formula is C7H7BrN2O. The fraction of sp³-hybridized carbons (Fsp3) is 0.143. The Morgan fingerprint density at radius 2 is 2.45 bits per heavy atom. The minimum atomic E-state index is 0.782. The van der Waals surface area contributed by atoms with Crippen molar-refractivity contribution in [1.29, 1.82) is 0 Å². The van der Waals surface area contributed by atoms with Gasteiger partial charge in [0.25, 0.3) is 0 Å². The Morgan fingerprint density at radius 3 is 3.00 bits per heavy atom. The van der Waals surface area contributed by atoms with Crippen LogP contribution >= 0.6 is 15.9 Å². The molecule has 0 spiro atoms. The lowest BCUT2D eigenvalue weighted by atomic mass is 10.2. The number of hydrogen-bond acceptors (Lipinski definition) is 3. The summed E-state index contributed by atoms with van der Waals surface area (Å²) in [4.78, 5) is 3.97. The number of hydrogen-bond donors (Lipinski definition) is 1. The number of aromatic nitrogens is 1. The van der Waals surface area contributed by atoms with Crippen molar-refractivity contribution in [2.24, 2.45) is 5.16 Å². The fourth-order valence-electron chi connectivity index (χ4n) is 0.730. The lowest BCUT2D eigenvalue weighted by Crippen LogP contribution is -1.88. The molecule has 0 aromatic carbocycles. The Balaban J connectivity index is 3.09. The van der Waals surface area contributed by atoms with Crippen LogP contribution in [-0.2, 0) is 0 Å². The van der Waals surface area contributed by atoms with Crippen LogP contribution in [-0.4, -0.2) is 16.4 Å². The molecule has 0 saturated carbocycles. The van der Waals surface area contributed by atoms with Crippen LogP contribution in [0.15, 0.2) is 22.0 Å². The van der Waals surface area contributed by atoms with Gasteiger partial charge >= 0.3 is 0 Å². The molecule has 0 aliphatic carbocycles. The van der Waals surface area contributed by atoms with Crippen molar-refractivity contribution < 1.29 is 5.21 Å².